The molecule has 0 amide bonds. The van der Waals surface area contributed by atoms with Crippen LogP contribution in [0.3, 0.4) is 0 Å². The summed E-state index contributed by atoms with van der Waals surface area (Å²) in [5.74, 6) is -0.576. The van der Waals surface area contributed by atoms with Crippen molar-refractivity contribution in [3.63, 3.8) is 0 Å². The van der Waals surface area contributed by atoms with E-state index in [1.165, 1.54) is 6.08 Å². The van der Waals surface area contributed by atoms with Gasteiger partial charge in [0.1, 0.15) is 5.82 Å². The summed E-state index contributed by atoms with van der Waals surface area (Å²) in [7, 11) is 0. The summed E-state index contributed by atoms with van der Waals surface area (Å²) < 4.78 is 12.7. The van der Waals surface area contributed by atoms with E-state index >= 15 is 0 Å². The van der Waals surface area contributed by atoms with E-state index < -0.39 is 10.7 Å². The Labute approximate surface area is 79.0 Å². The summed E-state index contributed by atoms with van der Waals surface area (Å²) in [5, 5.41) is 18.7. The Morgan fingerprint density at radius 3 is 2.86 bits per heavy atom. The summed E-state index contributed by atoms with van der Waals surface area (Å²) >= 11 is 0. The van der Waals surface area contributed by atoms with Gasteiger partial charge in [0.05, 0.1) is 16.6 Å². The maximum atomic E-state index is 12.7. The van der Waals surface area contributed by atoms with E-state index in [-0.39, 0.29) is 11.3 Å². The molecular weight excluding hydrogens is 187 g/mol. The number of halogens is 1. The topological polar surface area (TPSA) is 66.9 Å². The van der Waals surface area contributed by atoms with Crippen LogP contribution < -0.4 is 0 Å². The minimum absolute atomic E-state index is 0.0801. The Bertz CT molecular complexity index is 435. The second-order valence-corrected chi connectivity index (χ2v) is 2.42. The zero-order valence-electron chi connectivity index (χ0n) is 6.98. The first-order valence-electron chi connectivity index (χ1n) is 3.65. The van der Waals surface area contributed by atoms with E-state index in [0.29, 0.717) is 0 Å². The number of nitro benzene ring substituents is 1. The van der Waals surface area contributed by atoms with Crippen LogP contribution in [0.15, 0.2) is 24.3 Å². The lowest BCUT2D eigenvalue weighted by atomic mass is 10.1. The quantitative estimate of drug-likeness (QED) is 0.410. The zero-order valence-corrected chi connectivity index (χ0v) is 6.98. The monoisotopic (exact) mass is 192 g/mol. The minimum atomic E-state index is -0.628. The maximum absolute atomic E-state index is 12.7. The molecule has 1 aromatic rings. The first-order chi connectivity index (χ1) is 6.65. The van der Waals surface area contributed by atoms with Gasteiger partial charge in [-0.3, -0.25) is 10.1 Å². The number of rotatable bonds is 2. The standard InChI is InChI=1S/C9H5FN2O2/c10-8-3-4-9(12(13)14)7(6-8)2-1-5-11/h1-4,6H. The molecule has 0 unspecified atom stereocenters. The number of nitrogens with zero attached hydrogens (tertiary/aromatic N) is 2. The molecule has 0 aliphatic rings. The average Bonchev–Trinajstić information content (AvgIpc) is 2.14. The van der Waals surface area contributed by atoms with E-state index in [0.717, 1.165) is 24.3 Å². The van der Waals surface area contributed by atoms with Gasteiger partial charge < -0.3 is 0 Å². The molecule has 14 heavy (non-hydrogen) atoms. The number of nitriles is 1. The van der Waals surface area contributed by atoms with Gasteiger partial charge in [-0.1, -0.05) is 0 Å². The highest BCUT2D eigenvalue weighted by molar-refractivity contribution is 5.62. The molecule has 0 aromatic heterocycles. The van der Waals surface area contributed by atoms with Crippen LogP contribution in [-0.2, 0) is 0 Å². The lowest BCUT2D eigenvalue weighted by molar-refractivity contribution is -0.385. The molecule has 1 rings (SSSR count). The lowest BCUT2D eigenvalue weighted by Gasteiger charge is -1.96. The van der Waals surface area contributed by atoms with Gasteiger partial charge in [0, 0.05) is 12.1 Å². The third-order valence-corrected chi connectivity index (χ3v) is 1.52. The van der Waals surface area contributed by atoms with Gasteiger partial charge in [0.2, 0.25) is 0 Å². The summed E-state index contributed by atoms with van der Waals surface area (Å²) in [6, 6.07) is 4.75. The third kappa shape index (κ3) is 2.14. The van der Waals surface area contributed by atoms with Crippen molar-refractivity contribution in [2.24, 2.45) is 0 Å². The fraction of sp³-hybridized carbons (Fsp3) is 0. The molecule has 0 bridgehead atoms. The van der Waals surface area contributed by atoms with Crippen molar-refractivity contribution < 1.29 is 9.31 Å². The molecule has 70 valence electrons. The molecule has 0 atom stereocenters. The van der Waals surface area contributed by atoms with Gasteiger partial charge in [0.25, 0.3) is 5.69 Å². The SMILES string of the molecule is N#CC=Cc1cc(F)ccc1[N+](=O)[O-]. The molecule has 0 radical (unpaired) electrons. The molecule has 0 spiro atoms. The molecule has 0 aliphatic heterocycles. The molecule has 0 N–H and O–H groups in total. The Balaban J connectivity index is 3.24. The lowest BCUT2D eigenvalue weighted by Crippen LogP contribution is -1.91. The molecule has 1 aromatic carbocycles. The normalized spacial score (nSPS) is 10.0. The van der Waals surface area contributed by atoms with Crippen molar-refractivity contribution in [2.45, 2.75) is 0 Å². The van der Waals surface area contributed by atoms with Crippen LogP contribution >= 0.6 is 0 Å². The summed E-state index contributed by atoms with van der Waals surface area (Å²) in [5.41, 5.74) is -0.144. The molecule has 0 saturated heterocycles. The Kier molecular flexibility index (Phi) is 2.92. The number of hydrogen-bond donors (Lipinski definition) is 0. The fourth-order valence-electron chi connectivity index (χ4n) is 0.952. The number of nitro groups is 1. The third-order valence-electron chi connectivity index (χ3n) is 1.52. The minimum Gasteiger partial charge on any atom is -0.258 e. The van der Waals surface area contributed by atoms with Crippen LogP contribution in [0.1, 0.15) is 5.56 Å². The van der Waals surface area contributed by atoms with Crippen LogP contribution in [0, 0.1) is 27.3 Å². The van der Waals surface area contributed by atoms with Crippen molar-refractivity contribution in [1.29, 1.82) is 5.26 Å². The van der Waals surface area contributed by atoms with Crippen molar-refractivity contribution >= 4 is 11.8 Å². The van der Waals surface area contributed by atoms with Crippen LogP contribution in [0.4, 0.5) is 10.1 Å². The van der Waals surface area contributed by atoms with Gasteiger partial charge in [-0.05, 0) is 18.2 Å². The van der Waals surface area contributed by atoms with Gasteiger partial charge >= 0.3 is 0 Å². The van der Waals surface area contributed by atoms with Gasteiger partial charge in [-0.15, -0.1) is 0 Å². The van der Waals surface area contributed by atoms with Gasteiger partial charge in [-0.25, -0.2) is 4.39 Å². The fourth-order valence-corrected chi connectivity index (χ4v) is 0.952. The molecule has 0 fully saturated rings. The van der Waals surface area contributed by atoms with Crippen LogP contribution in [-0.4, -0.2) is 4.92 Å². The van der Waals surface area contributed by atoms with E-state index in [2.05, 4.69) is 0 Å². The summed E-state index contributed by atoms with van der Waals surface area (Å²) in [6.07, 6.45) is 2.25. The van der Waals surface area contributed by atoms with Crippen molar-refractivity contribution in [3.8, 4) is 6.07 Å². The van der Waals surface area contributed by atoms with Gasteiger partial charge in [0.15, 0.2) is 0 Å². The first kappa shape index (κ1) is 9.86. The van der Waals surface area contributed by atoms with Crippen molar-refractivity contribution in [2.75, 3.05) is 0 Å². The number of benzene rings is 1. The Morgan fingerprint density at radius 2 is 2.29 bits per heavy atom. The number of allylic oxidation sites excluding steroid dienone is 1. The van der Waals surface area contributed by atoms with Crippen molar-refractivity contribution in [3.05, 3.63) is 45.8 Å². The maximum Gasteiger partial charge on any atom is 0.276 e. The second-order valence-electron chi connectivity index (χ2n) is 2.42. The molecule has 0 heterocycles. The summed E-state index contributed by atoms with van der Waals surface area (Å²) in [6.45, 7) is 0. The Hall–Kier alpha value is -2.22. The highest BCUT2D eigenvalue weighted by atomic mass is 19.1. The zero-order chi connectivity index (χ0) is 10.6. The van der Waals surface area contributed by atoms with Crippen LogP contribution in [0.5, 0.6) is 0 Å². The first-order valence-corrected chi connectivity index (χ1v) is 3.65. The predicted octanol–water partition coefficient (Wildman–Crippen LogP) is 2.27. The smallest absolute Gasteiger partial charge is 0.258 e. The van der Waals surface area contributed by atoms with Crippen LogP contribution in [0.2, 0.25) is 0 Å². The molecule has 0 saturated carbocycles. The Morgan fingerprint density at radius 1 is 1.57 bits per heavy atom. The predicted molar refractivity (Wildman–Crippen MR) is 47.7 cm³/mol. The average molecular weight is 192 g/mol. The molecule has 5 heteroatoms. The van der Waals surface area contributed by atoms with E-state index in [4.69, 9.17) is 5.26 Å². The molecule has 4 nitrogen and oxygen atoms in total. The van der Waals surface area contributed by atoms with Crippen molar-refractivity contribution in [1.82, 2.24) is 0 Å². The van der Waals surface area contributed by atoms with E-state index in [1.54, 1.807) is 6.07 Å². The second kappa shape index (κ2) is 4.14. The molecule has 0 aliphatic carbocycles. The van der Waals surface area contributed by atoms with E-state index in [1.807, 2.05) is 0 Å². The highest BCUT2D eigenvalue weighted by Crippen LogP contribution is 2.20. The summed E-state index contributed by atoms with van der Waals surface area (Å²) in [4.78, 5) is 9.83. The van der Waals surface area contributed by atoms with Crippen LogP contribution in [0.25, 0.3) is 6.08 Å². The van der Waals surface area contributed by atoms with Gasteiger partial charge in [-0.2, -0.15) is 5.26 Å². The highest BCUT2D eigenvalue weighted by Gasteiger charge is 2.11. The number of hydrogen-bond acceptors (Lipinski definition) is 3. The largest absolute Gasteiger partial charge is 0.276 e. The molecular formula is C9H5FN2O2. The van der Waals surface area contributed by atoms with E-state index in [9.17, 15) is 14.5 Å².